The monoisotopic (exact) mass is 155 g/mol. The summed E-state index contributed by atoms with van der Waals surface area (Å²) in [6, 6.07) is 0.758. The summed E-state index contributed by atoms with van der Waals surface area (Å²) in [5.41, 5.74) is 0.561. The van der Waals surface area contributed by atoms with E-state index in [-0.39, 0.29) is 0 Å². The van der Waals surface area contributed by atoms with Crippen LogP contribution in [0.5, 0.6) is 0 Å². The maximum Gasteiger partial charge on any atom is 0.00716 e. The largest absolute Gasteiger partial charge is 0.317 e. The molecule has 0 aliphatic heterocycles. The Hall–Kier alpha value is -0.0400. The molecule has 2 atom stereocenters. The Balaban J connectivity index is 2.51. The van der Waals surface area contributed by atoms with E-state index in [9.17, 15) is 0 Å². The molecule has 0 heterocycles. The Morgan fingerprint density at radius 2 is 1.91 bits per heavy atom. The molecule has 1 aliphatic carbocycles. The lowest BCUT2D eigenvalue weighted by Crippen LogP contribution is -2.38. The Morgan fingerprint density at radius 1 is 1.27 bits per heavy atom. The molecule has 1 rings (SSSR count). The molecule has 1 fully saturated rings. The predicted molar refractivity (Wildman–Crippen MR) is 49.6 cm³/mol. The molecule has 1 nitrogen and oxygen atoms in total. The SMILES string of the molecule is CN[C@H]1C[C@@H](C)CC(C)(C)C1. The fourth-order valence-corrected chi connectivity index (χ4v) is 2.57. The minimum Gasteiger partial charge on any atom is -0.317 e. The van der Waals surface area contributed by atoms with Gasteiger partial charge in [0.2, 0.25) is 0 Å². The first-order valence-electron chi connectivity index (χ1n) is 4.71. The Kier molecular flexibility index (Phi) is 2.58. The average Bonchev–Trinajstić information content (AvgIpc) is 1.83. The molecular formula is C10H21N. The first-order valence-corrected chi connectivity index (χ1v) is 4.71. The predicted octanol–water partition coefficient (Wildman–Crippen LogP) is 2.42. The van der Waals surface area contributed by atoms with Crippen molar-refractivity contribution < 1.29 is 0 Å². The highest BCUT2D eigenvalue weighted by Gasteiger charge is 2.30. The number of hydrogen-bond donors (Lipinski definition) is 1. The van der Waals surface area contributed by atoms with Crippen LogP contribution in [0.1, 0.15) is 40.0 Å². The van der Waals surface area contributed by atoms with Gasteiger partial charge in [0.05, 0.1) is 0 Å². The molecular weight excluding hydrogens is 134 g/mol. The number of rotatable bonds is 1. The minimum atomic E-state index is 0.561. The van der Waals surface area contributed by atoms with Crippen molar-refractivity contribution in [1.82, 2.24) is 5.32 Å². The van der Waals surface area contributed by atoms with Crippen molar-refractivity contribution in [2.45, 2.75) is 46.1 Å². The fraction of sp³-hybridized carbons (Fsp3) is 1.00. The van der Waals surface area contributed by atoms with Crippen LogP contribution >= 0.6 is 0 Å². The topological polar surface area (TPSA) is 12.0 Å². The molecule has 0 unspecified atom stereocenters. The summed E-state index contributed by atoms with van der Waals surface area (Å²) < 4.78 is 0. The third kappa shape index (κ3) is 2.48. The average molecular weight is 155 g/mol. The summed E-state index contributed by atoms with van der Waals surface area (Å²) in [4.78, 5) is 0. The van der Waals surface area contributed by atoms with Gasteiger partial charge in [0.25, 0.3) is 0 Å². The summed E-state index contributed by atoms with van der Waals surface area (Å²) in [6.45, 7) is 7.13. The lowest BCUT2D eigenvalue weighted by atomic mass is 9.71. The molecule has 1 N–H and O–H groups in total. The van der Waals surface area contributed by atoms with Crippen LogP contribution in [0.3, 0.4) is 0 Å². The second-order valence-corrected chi connectivity index (χ2v) is 4.90. The maximum absolute atomic E-state index is 3.39. The summed E-state index contributed by atoms with van der Waals surface area (Å²) in [5.74, 6) is 0.899. The molecule has 11 heavy (non-hydrogen) atoms. The Bertz CT molecular complexity index is 129. The van der Waals surface area contributed by atoms with E-state index in [0.29, 0.717) is 5.41 Å². The Morgan fingerprint density at radius 3 is 2.36 bits per heavy atom. The van der Waals surface area contributed by atoms with Crippen LogP contribution in [0.4, 0.5) is 0 Å². The zero-order valence-corrected chi connectivity index (χ0v) is 8.28. The van der Waals surface area contributed by atoms with E-state index in [1.54, 1.807) is 0 Å². The molecule has 0 amide bonds. The molecule has 0 aromatic rings. The second-order valence-electron chi connectivity index (χ2n) is 4.90. The van der Waals surface area contributed by atoms with Crippen LogP contribution in [0.2, 0.25) is 0 Å². The van der Waals surface area contributed by atoms with Gasteiger partial charge in [0.1, 0.15) is 0 Å². The van der Waals surface area contributed by atoms with E-state index >= 15 is 0 Å². The van der Waals surface area contributed by atoms with Gasteiger partial charge < -0.3 is 5.32 Å². The first kappa shape index (κ1) is 9.05. The molecule has 66 valence electrons. The maximum atomic E-state index is 3.39. The lowest BCUT2D eigenvalue weighted by Gasteiger charge is -2.38. The van der Waals surface area contributed by atoms with Crippen molar-refractivity contribution in [3.05, 3.63) is 0 Å². The summed E-state index contributed by atoms with van der Waals surface area (Å²) in [5, 5.41) is 3.39. The van der Waals surface area contributed by atoms with Gasteiger partial charge in [-0.2, -0.15) is 0 Å². The third-order valence-corrected chi connectivity index (χ3v) is 2.80. The highest BCUT2D eigenvalue weighted by atomic mass is 14.9. The second kappa shape index (κ2) is 3.14. The van der Waals surface area contributed by atoms with E-state index in [0.717, 1.165) is 12.0 Å². The van der Waals surface area contributed by atoms with Crippen LogP contribution in [0, 0.1) is 11.3 Å². The third-order valence-electron chi connectivity index (χ3n) is 2.80. The number of nitrogens with one attached hydrogen (secondary N) is 1. The van der Waals surface area contributed by atoms with Crippen LogP contribution in [-0.4, -0.2) is 13.1 Å². The van der Waals surface area contributed by atoms with E-state index in [2.05, 4.69) is 33.1 Å². The van der Waals surface area contributed by atoms with Crippen molar-refractivity contribution in [2.75, 3.05) is 7.05 Å². The van der Waals surface area contributed by atoms with Crippen LogP contribution < -0.4 is 5.32 Å². The van der Waals surface area contributed by atoms with Crippen molar-refractivity contribution in [3.8, 4) is 0 Å². The molecule has 0 aromatic heterocycles. The van der Waals surface area contributed by atoms with Gasteiger partial charge in [-0.25, -0.2) is 0 Å². The normalized spacial score (nSPS) is 37.1. The van der Waals surface area contributed by atoms with Crippen LogP contribution in [0.25, 0.3) is 0 Å². The highest BCUT2D eigenvalue weighted by molar-refractivity contribution is 4.85. The van der Waals surface area contributed by atoms with Gasteiger partial charge in [0, 0.05) is 6.04 Å². The molecule has 0 aromatic carbocycles. The molecule has 1 heteroatoms. The first-order chi connectivity index (χ1) is 5.03. The van der Waals surface area contributed by atoms with E-state index in [4.69, 9.17) is 0 Å². The van der Waals surface area contributed by atoms with Crippen LogP contribution in [-0.2, 0) is 0 Å². The van der Waals surface area contributed by atoms with Crippen molar-refractivity contribution in [2.24, 2.45) is 11.3 Å². The van der Waals surface area contributed by atoms with Crippen molar-refractivity contribution in [3.63, 3.8) is 0 Å². The van der Waals surface area contributed by atoms with Gasteiger partial charge in [-0.3, -0.25) is 0 Å². The smallest absolute Gasteiger partial charge is 0.00716 e. The molecule has 1 saturated carbocycles. The standard InChI is InChI=1S/C10H21N/c1-8-5-9(11-4)7-10(2,3)6-8/h8-9,11H,5-7H2,1-4H3/t8-,9+/m1/s1. The van der Waals surface area contributed by atoms with Gasteiger partial charge in [-0.1, -0.05) is 20.8 Å². The molecule has 0 radical (unpaired) electrons. The quantitative estimate of drug-likeness (QED) is 0.613. The zero-order chi connectivity index (χ0) is 8.48. The summed E-state index contributed by atoms with van der Waals surface area (Å²) in [6.07, 6.45) is 4.10. The lowest BCUT2D eigenvalue weighted by molar-refractivity contribution is 0.156. The van der Waals surface area contributed by atoms with Crippen LogP contribution in [0.15, 0.2) is 0 Å². The van der Waals surface area contributed by atoms with E-state index in [1.807, 2.05) is 0 Å². The minimum absolute atomic E-state index is 0.561. The van der Waals surface area contributed by atoms with Gasteiger partial charge in [-0.15, -0.1) is 0 Å². The van der Waals surface area contributed by atoms with Gasteiger partial charge in [0.15, 0.2) is 0 Å². The molecule has 0 saturated heterocycles. The molecule has 0 bridgehead atoms. The summed E-state index contributed by atoms with van der Waals surface area (Å²) >= 11 is 0. The zero-order valence-electron chi connectivity index (χ0n) is 8.28. The van der Waals surface area contributed by atoms with Crippen molar-refractivity contribution >= 4 is 0 Å². The van der Waals surface area contributed by atoms with E-state index < -0.39 is 0 Å². The summed E-state index contributed by atoms with van der Waals surface area (Å²) in [7, 11) is 2.08. The molecule has 0 spiro atoms. The van der Waals surface area contributed by atoms with E-state index in [1.165, 1.54) is 19.3 Å². The fourth-order valence-electron chi connectivity index (χ4n) is 2.57. The molecule has 1 aliphatic rings. The highest BCUT2D eigenvalue weighted by Crippen LogP contribution is 2.38. The number of hydrogen-bond acceptors (Lipinski definition) is 1. The van der Waals surface area contributed by atoms with Gasteiger partial charge in [-0.05, 0) is 37.6 Å². The van der Waals surface area contributed by atoms with Crippen molar-refractivity contribution in [1.29, 1.82) is 0 Å². The Labute approximate surface area is 70.6 Å². The van der Waals surface area contributed by atoms with Gasteiger partial charge >= 0.3 is 0 Å².